The fourth-order valence-electron chi connectivity index (χ4n) is 2.13. The third-order valence-electron chi connectivity index (χ3n) is 3.34. The molecule has 1 unspecified atom stereocenters. The van der Waals surface area contributed by atoms with Crippen LogP contribution in [-0.2, 0) is 4.79 Å². The highest BCUT2D eigenvalue weighted by atomic mass is 16.6. The molecule has 0 heterocycles. The number of nitro benzene ring substituents is 1. The first-order valence-electron chi connectivity index (χ1n) is 6.20. The van der Waals surface area contributed by atoms with E-state index in [1.807, 2.05) is 0 Å². The van der Waals surface area contributed by atoms with Gasteiger partial charge in [-0.15, -0.1) is 0 Å². The van der Waals surface area contributed by atoms with E-state index in [2.05, 4.69) is 5.32 Å². The minimum Gasteiger partial charge on any atom is -0.481 e. The van der Waals surface area contributed by atoms with Gasteiger partial charge in [-0.05, 0) is 31.7 Å². The average Bonchev–Trinajstić information content (AvgIpc) is 3.13. The zero-order chi connectivity index (χ0) is 14.0. The Morgan fingerprint density at radius 1 is 1.58 bits per heavy atom. The molecule has 102 valence electrons. The summed E-state index contributed by atoms with van der Waals surface area (Å²) in [7, 11) is 0. The van der Waals surface area contributed by atoms with Crippen molar-refractivity contribution < 1.29 is 14.8 Å². The summed E-state index contributed by atoms with van der Waals surface area (Å²) in [6, 6.07) is 4.73. The fourth-order valence-corrected chi connectivity index (χ4v) is 2.13. The molecule has 0 radical (unpaired) electrons. The highest BCUT2D eigenvalue weighted by Gasteiger charge is 2.32. The maximum Gasteiger partial charge on any atom is 0.305 e. The molecule has 1 aliphatic rings. The summed E-state index contributed by atoms with van der Waals surface area (Å²) in [5.74, 6) is -0.498. The van der Waals surface area contributed by atoms with Gasteiger partial charge in [0, 0.05) is 23.4 Å². The molecule has 2 rings (SSSR count). The van der Waals surface area contributed by atoms with Crippen molar-refractivity contribution in [1.82, 2.24) is 0 Å². The first-order chi connectivity index (χ1) is 8.97. The summed E-state index contributed by atoms with van der Waals surface area (Å²) >= 11 is 0. The standard InChI is InChI=1S/C13H16N2O4/c1-8-2-5-10(6-12(8)15(18)19)14-11(7-13(16)17)9-3-4-9/h2,5-6,9,11,14H,3-4,7H2,1H3,(H,16,17). The van der Waals surface area contributed by atoms with Crippen molar-refractivity contribution in [3.63, 3.8) is 0 Å². The summed E-state index contributed by atoms with van der Waals surface area (Å²) in [4.78, 5) is 21.3. The number of nitro groups is 1. The lowest BCUT2D eigenvalue weighted by Crippen LogP contribution is -2.25. The first kappa shape index (κ1) is 13.3. The predicted molar refractivity (Wildman–Crippen MR) is 70.2 cm³/mol. The Kier molecular flexibility index (Phi) is 3.69. The van der Waals surface area contributed by atoms with E-state index in [9.17, 15) is 14.9 Å². The number of rotatable bonds is 6. The predicted octanol–water partition coefficient (Wildman–Crippen LogP) is 2.57. The van der Waals surface area contributed by atoms with Gasteiger partial charge in [-0.1, -0.05) is 6.07 Å². The minimum atomic E-state index is -0.856. The van der Waals surface area contributed by atoms with Crippen LogP contribution >= 0.6 is 0 Å². The molecule has 1 aliphatic carbocycles. The van der Waals surface area contributed by atoms with E-state index in [4.69, 9.17) is 5.11 Å². The van der Waals surface area contributed by atoms with Crippen LogP contribution in [0.1, 0.15) is 24.8 Å². The molecule has 0 bridgehead atoms. The van der Waals surface area contributed by atoms with Gasteiger partial charge in [-0.2, -0.15) is 0 Å². The molecule has 1 saturated carbocycles. The molecular weight excluding hydrogens is 248 g/mol. The number of hydrogen-bond acceptors (Lipinski definition) is 4. The minimum absolute atomic E-state index is 0.0341. The van der Waals surface area contributed by atoms with Gasteiger partial charge in [-0.3, -0.25) is 14.9 Å². The van der Waals surface area contributed by atoms with Crippen LogP contribution in [0.3, 0.4) is 0 Å². The van der Waals surface area contributed by atoms with Crippen molar-refractivity contribution >= 4 is 17.3 Å². The molecular formula is C13H16N2O4. The van der Waals surface area contributed by atoms with Crippen molar-refractivity contribution in [3.8, 4) is 0 Å². The van der Waals surface area contributed by atoms with Crippen molar-refractivity contribution in [1.29, 1.82) is 0 Å². The third-order valence-corrected chi connectivity index (χ3v) is 3.34. The maximum absolute atomic E-state index is 10.9. The number of hydrogen-bond donors (Lipinski definition) is 2. The quantitative estimate of drug-likeness (QED) is 0.608. The van der Waals surface area contributed by atoms with Crippen LogP contribution in [0.5, 0.6) is 0 Å². The van der Waals surface area contributed by atoms with Crippen molar-refractivity contribution in [2.75, 3.05) is 5.32 Å². The van der Waals surface area contributed by atoms with Crippen LogP contribution in [0, 0.1) is 23.0 Å². The third kappa shape index (κ3) is 3.43. The lowest BCUT2D eigenvalue weighted by Gasteiger charge is -2.17. The fraction of sp³-hybridized carbons (Fsp3) is 0.462. The number of carbonyl (C=O) groups is 1. The lowest BCUT2D eigenvalue weighted by molar-refractivity contribution is -0.385. The van der Waals surface area contributed by atoms with Gasteiger partial charge in [-0.25, -0.2) is 0 Å². The molecule has 1 fully saturated rings. The van der Waals surface area contributed by atoms with Gasteiger partial charge in [0.25, 0.3) is 5.69 Å². The average molecular weight is 264 g/mol. The largest absolute Gasteiger partial charge is 0.481 e. The summed E-state index contributed by atoms with van der Waals surface area (Å²) in [5, 5.41) is 22.9. The number of anilines is 1. The second-order valence-corrected chi connectivity index (χ2v) is 4.94. The molecule has 2 N–H and O–H groups in total. The van der Waals surface area contributed by atoms with Gasteiger partial charge >= 0.3 is 5.97 Å². The second-order valence-electron chi connectivity index (χ2n) is 4.94. The number of carboxylic acids is 1. The summed E-state index contributed by atoms with van der Waals surface area (Å²) in [6.07, 6.45) is 2.06. The number of carboxylic acid groups (broad SMARTS) is 1. The monoisotopic (exact) mass is 264 g/mol. The van der Waals surface area contributed by atoms with E-state index < -0.39 is 10.9 Å². The maximum atomic E-state index is 10.9. The normalized spacial score (nSPS) is 15.8. The van der Waals surface area contributed by atoms with Crippen LogP contribution in [0.4, 0.5) is 11.4 Å². The molecule has 19 heavy (non-hydrogen) atoms. The van der Waals surface area contributed by atoms with E-state index >= 15 is 0 Å². The van der Waals surface area contributed by atoms with Crippen LogP contribution < -0.4 is 5.32 Å². The van der Waals surface area contributed by atoms with Gasteiger partial charge in [0.1, 0.15) is 0 Å². The van der Waals surface area contributed by atoms with E-state index in [0.29, 0.717) is 17.2 Å². The van der Waals surface area contributed by atoms with Gasteiger partial charge in [0.15, 0.2) is 0 Å². The van der Waals surface area contributed by atoms with Crippen LogP contribution in [0.15, 0.2) is 18.2 Å². The number of aliphatic carboxylic acids is 1. The molecule has 0 saturated heterocycles. The van der Waals surface area contributed by atoms with Gasteiger partial charge in [0.2, 0.25) is 0 Å². The molecule has 1 aromatic carbocycles. The van der Waals surface area contributed by atoms with Crippen molar-refractivity contribution in [2.45, 2.75) is 32.2 Å². The molecule has 0 amide bonds. The smallest absolute Gasteiger partial charge is 0.305 e. The summed E-state index contributed by atoms with van der Waals surface area (Å²) in [6.45, 7) is 1.68. The Morgan fingerprint density at radius 2 is 2.26 bits per heavy atom. The molecule has 0 aromatic heterocycles. The van der Waals surface area contributed by atoms with Crippen LogP contribution in [0.25, 0.3) is 0 Å². The first-order valence-corrected chi connectivity index (χ1v) is 6.20. The number of aryl methyl sites for hydroxylation is 1. The highest BCUT2D eigenvalue weighted by Crippen LogP contribution is 2.36. The highest BCUT2D eigenvalue weighted by molar-refractivity contribution is 5.68. The SMILES string of the molecule is Cc1ccc(NC(CC(=O)O)C2CC2)cc1[N+](=O)[O-]. The van der Waals surface area contributed by atoms with E-state index in [0.717, 1.165) is 12.8 Å². The summed E-state index contributed by atoms with van der Waals surface area (Å²) < 4.78 is 0. The Hall–Kier alpha value is -2.11. The molecule has 0 aliphatic heterocycles. The second kappa shape index (κ2) is 5.26. The molecule has 1 aromatic rings. The van der Waals surface area contributed by atoms with Crippen LogP contribution in [-0.4, -0.2) is 22.0 Å². The lowest BCUT2D eigenvalue weighted by atomic mass is 10.1. The Labute approximate surface area is 110 Å². The van der Waals surface area contributed by atoms with Gasteiger partial charge in [0.05, 0.1) is 11.3 Å². The van der Waals surface area contributed by atoms with Crippen molar-refractivity contribution in [3.05, 3.63) is 33.9 Å². The topological polar surface area (TPSA) is 92.5 Å². The van der Waals surface area contributed by atoms with Crippen LogP contribution in [0.2, 0.25) is 0 Å². The molecule has 1 atom stereocenters. The van der Waals surface area contributed by atoms with E-state index in [1.54, 1.807) is 19.1 Å². The van der Waals surface area contributed by atoms with E-state index in [1.165, 1.54) is 6.07 Å². The van der Waals surface area contributed by atoms with Crippen molar-refractivity contribution in [2.24, 2.45) is 5.92 Å². The zero-order valence-corrected chi connectivity index (χ0v) is 10.6. The number of benzene rings is 1. The zero-order valence-electron chi connectivity index (χ0n) is 10.6. The molecule has 6 nitrogen and oxygen atoms in total. The van der Waals surface area contributed by atoms with Gasteiger partial charge < -0.3 is 10.4 Å². The molecule has 0 spiro atoms. The van der Waals surface area contributed by atoms with E-state index in [-0.39, 0.29) is 18.2 Å². The summed E-state index contributed by atoms with van der Waals surface area (Å²) in [5.41, 5.74) is 1.25. The number of nitrogens with zero attached hydrogens (tertiary/aromatic N) is 1. The Balaban J connectivity index is 2.14. The Bertz CT molecular complexity index is 511. The number of nitrogens with one attached hydrogen (secondary N) is 1. The Morgan fingerprint density at radius 3 is 2.79 bits per heavy atom. The molecule has 6 heteroatoms.